The Labute approximate surface area is 158 Å². The first kappa shape index (κ1) is 17.1. The molecule has 1 aromatic heterocycles. The molecule has 5 heteroatoms. The second kappa shape index (κ2) is 7.50. The molecule has 0 aliphatic carbocycles. The van der Waals surface area contributed by atoms with Crippen LogP contribution in [0.5, 0.6) is 11.8 Å². The molecule has 0 bridgehead atoms. The maximum Gasteiger partial charge on any atom is 0.246 e. The van der Waals surface area contributed by atoms with Crippen LogP contribution in [-0.2, 0) is 6.42 Å². The lowest BCUT2D eigenvalue weighted by Crippen LogP contribution is -2.17. The van der Waals surface area contributed by atoms with Gasteiger partial charge in [-0.15, -0.1) is 6.58 Å². The summed E-state index contributed by atoms with van der Waals surface area (Å²) in [4.78, 5) is 8.97. The highest BCUT2D eigenvalue weighted by Crippen LogP contribution is 2.39. The molecule has 1 unspecified atom stereocenters. The molecule has 2 aromatic carbocycles. The van der Waals surface area contributed by atoms with Crippen LogP contribution in [-0.4, -0.2) is 17.1 Å². The fraction of sp³-hybridized carbons (Fsp3) is 0.182. The number of nitrogens with one attached hydrogen (secondary N) is 1. The summed E-state index contributed by atoms with van der Waals surface area (Å²) < 4.78 is 11.4. The van der Waals surface area contributed by atoms with Gasteiger partial charge >= 0.3 is 0 Å². The van der Waals surface area contributed by atoms with Crippen molar-refractivity contribution in [2.75, 3.05) is 12.4 Å². The van der Waals surface area contributed by atoms with E-state index in [1.165, 1.54) is 5.56 Å². The van der Waals surface area contributed by atoms with Crippen molar-refractivity contribution < 1.29 is 9.47 Å². The smallest absolute Gasteiger partial charge is 0.246 e. The Bertz CT molecular complexity index is 954. The van der Waals surface area contributed by atoms with Gasteiger partial charge in [0.05, 0.1) is 13.3 Å². The fourth-order valence-corrected chi connectivity index (χ4v) is 3.10. The van der Waals surface area contributed by atoms with Gasteiger partial charge < -0.3 is 14.8 Å². The van der Waals surface area contributed by atoms with Gasteiger partial charge in [0.1, 0.15) is 5.69 Å². The summed E-state index contributed by atoms with van der Waals surface area (Å²) in [7, 11) is 1.57. The summed E-state index contributed by atoms with van der Waals surface area (Å²) >= 11 is 0. The Morgan fingerprint density at radius 2 is 2.00 bits per heavy atom. The molecule has 1 aliphatic rings. The van der Waals surface area contributed by atoms with Gasteiger partial charge in [-0.2, -0.15) is 4.98 Å². The largest absolute Gasteiger partial charge is 0.480 e. The molecule has 1 aliphatic heterocycles. The molecule has 0 spiro atoms. The maximum atomic E-state index is 6.21. The summed E-state index contributed by atoms with van der Waals surface area (Å²) in [5, 5.41) is 3.46. The van der Waals surface area contributed by atoms with Crippen molar-refractivity contribution in [1.29, 1.82) is 0 Å². The second-order valence-corrected chi connectivity index (χ2v) is 6.32. The minimum Gasteiger partial charge on any atom is -0.480 e. The molecule has 0 radical (unpaired) electrons. The van der Waals surface area contributed by atoms with Crippen LogP contribution in [0.1, 0.15) is 23.8 Å². The summed E-state index contributed by atoms with van der Waals surface area (Å²) in [6.07, 6.45) is 5.12. The molecule has 1 N–H and O–H groups in total. The minimum atomic E-state index is -0.373. The highest BCUT2D eigenvalue weighted by Gasteiger charge is 2.25. The highest BCUT2D eigenvalue weighted by atomic mass is 16.5. The van der Waals surface area contributed by atoms with Crippen molar-refractivity contribution in [2.45, 2.75) is 19.1 Å². The Hall–Kier alpha value is -3.34. The monoisotopic (exact) mass is 359 g/mol. The van der Waals surface area contributed by atoms with E-state index in [9.17, 15) is 0 Å². The molecule has 2 heterocycles. The molecule has 0 saturated carbocycles. The van der Waals surface area contributed by atoms with Crippen molar-refractivity contribution in [2.24, 2.45) is 0 Å². The van der Waals surface area contributed by atoms with Crippen LogP contribution in [0.2, 0.25) is 0 Å². The van der Waals surface area contributed by atoms with Gasteiger partial charge in [0.15, 0.2) is 6.23 Å². The number of anilines is 1. The Morgan fingerprint density at radius 3 is 2.78 bits per heavy atom. The molecular weight excluding hydrogens is 338 g/mol. The van der Waals surface area contributed by atoms with Crippen molar-refractivity contribution in [3.8, 4) is 23.0 Å². The molecule has 27 heavy (non-hydrogen) atoms. The standard InChI is InChI=1S/C22H21N3O2/c1-3-4-7-15-10-12-16(13-11-15)21-24-18-9-6-5-8-17(18)20-22(27-21)25-19(26-2)14-23-20/h3,5-6,8-14,21,24H,1,4,7H2,2H3. The molecule has 0 amide bonds. The maximum absolute atomic E-state index is 6.21. The van der Waals surface area contributed by atoms with E-state index in [-0.39, 0.29) is 6.23 Å². The van der Waals surface area contributed by atoms with Gasteiger partial charge in [-0.05, 0) is 24.5 Å². The lowest BCUT2D eigenvalue weighted by atomic mass is 10.1. The summed E-state index contributed by atoms with van der Waals surface area (Å²) in [5.74, 6) is 0.874. The van der Waals surface area contributed by atoms with E-state index in [4.69, 9.17) is 9.47 Å². The van der Waals surface area contributed by atoms with Gasteiger partial charge in [0.25, 0.3) is 0 Å². The number of methoxy groups -OCH3 is 1. The van der Waals surface area contributed by atoms with Crippen LogP contribution in [0, 0.1) is 0 Å². The minimum absolute atomic E-state index is 0.373. The molecule has 0 saturated heterocycles. The molecular formula is C22H21N3O2. The van der Waals surface area contributed by atoms with Crippen molar-refractivity contribution in [1.82, 2.24) is 9.97 Å². The molecule has 4 rings (SSSR count). The van der Waals surface area contributed by atoms with Crippen LogP contribution in [0.4, 0.5) is 5.69 Å². The molecule has 136 valence electrons. The highest BCUT2D eigenvalue weighted by molar-refractivity contribution is 5.79. The number of fused-ring (bicyclic) bond motifs is 3. The average molecular weight is 359 g/mol. The van der Waals surface area contributed by atoms with Crippen molar-refractivity contribution in [3.05, 3.63) is 78.5 Å². The quantitative estimate of drug-likeness (QED) is 0.665. The number of rotatable bonds is 5. The van der Waals surface area contributed by atoms with E-state index in [2.05, 4.69) is 46.1 Å². The predicted molar refractivity (Wildman–Crippen MR) is 106 cm³/mol. The van der Waals surface area contributed by atoms with E-state index >= 15 is 0 Å². The van der Waals surface area contributed by atoms with Gasteiger partial charge in [-0.25, -0.2) is 4.98 Å². The normalized spacial score (nSPS) is 14.8. The second-order valence-electron chi connectivity index (χ2n) is 6.32. The van der Waals surface area contributed by atoms with Crippen LogP contribution in [0.15, 0.2) is 67.4 Å². The van der Waals surface area contributed by atoms with E-state index in [1.54, 1.807) is 13.3 Å². The number of para-hydroxylation sites is 1. The SMILES string of the molecule is C=CCCc1ccc(C2Nc3ccccc3-c3ncc(OC)nc3O2)cc1. The summed E-state index contributed by atoms with van der Waals surface area (Å²) in [6, 6.07) is 16.4. The number of benzene rings is 2. The molecule has 0 fully saturated rings. The molecule has 5 nitrogen and oxygen atoms in total. The predicted octanol–water partition coefficient (Wildman–Crippen LogP) is 4.77. The van der Waals surface area contributed by atoms with E-state index in [0.29, 0.717) is 17.5 Å². The van der Waals surface area contributed by atoms with Crippen LogP contribution in [0.25, 0.3) is 11.3 Å². The van der Waals surface area contributed by atoms with Crippen LogP contribution < -0.4 is 14.8 Å². The number of ether oxygens (including phenoxy) is 2. The number of allylic oxidation sites excluding steroid dienone is 1. The Balaban J connectivity index is 1.72. The number of nitrogens with zero attached hydrogens (tertiary/aromatic N) is 2. The molecule has 3 aromatic rings. The van der Waals surface area contributed by atoms with E-state index in [0.717, 1.165) is 29.7 Å². The third-order valence-corrected chi connectivity index (χ3v) is 4.55. The zero-order valence-corrected chi connectivity index (χ0v) is 15.2. The average Bonchev–Trinajstić information content (AvgIpc) is 2.89. The zero-order valence-electron chi connectivity index (χ0n) is 15.2. The summed E-state index contributed by atoms with van der Waals surface area (Å²) in [6.45, 7) is 3.78. The number of hydrogen-bond acceptors (Lipinski definition) is 5. The third-order valence-electron chi connectivity index (χ3n) is 4.55. The van der Waals surface area contributed by atoms with Crippen LogP contribution in [0.3, 0.4) is 0 Å². The Kier molecular flexibility index (Phi) is 4.75. The molecule has 1 atom stereocenters. The topological polar surface area (TPSA) is 56.3 Å². The van der Waals surface area contributed by atoms with E-state index in [1.807, 2.05) is 30.3 Å². The van der Waals surface area contributed by atoms with Crippen LogP contribution >= 0.6 is 0 Å². The van der Waals surface area contributed by atoms with E-state index < -0.39 is 0 Å². The first-order valence-electron chi connectivity index (χ1n) is 8.92. The zero-order chi connectivity index (χ0) is 18.6. The van der Waals surface area contributed by atoms with Crippen molar-refractivity contribution >= 4 is 5.69 Å². The number of aromatic nitrogens is 2. The van der Waals surface area contributed by atoms with Gasteiger partial charge in [0.2, 0.25) is 11.8 Å². The third kappa shape index (κ3) is 3.49. The summed E-state index contributed by atoms with van der Waals surface area (Å²) in [5.41, 5.74) is 4.90. The van der Waals surface area contributed by atoms with Gasteiger partial charge in [0, 0.05) is 16.8 Å². The van der Waals surface area contributed by atoms with Gasteiger partial charge in [-0.3, -0.25) is 0 Å². The fourth-order valence-electron chi connectivity index (χ4n) is 3.10. The first-order valence-corrected chi connectivity index (χ1v) is 8.92. The number of hydrogen-bond donors (Lipinski definition) is 1. The Morgan fingerprint density at radius 1 is 1.19 bits per heavy atom. The number of aryl methyl sites for hydroxylation is 1. The first-order chi connectivity index (χ1) is 13.3. The lowest BCUT2D eigenvalue weighted by molar-refractivity contribution is 0.224. The van der Waals surface area contributed by atoms with Crippen molar-refractivity contribution in [3.63, 3.8) is 0 Å². The van der Waals surface area contributed by atoms with Gasteiger partial charge in [-0.1, -0.05) is 48.5 Å². The lowest BCUT2D eigenvalue weighted by Gasteiger charge is -2.19.